The Kier molecular flexibility index (Phi) is 6.22. The minimum atomic E-state index is 0.310. The van der Waals surface area contributed by atoms with E-state index in [1.54, 1.807) is 0 Å². The van der Waals surface area contributed by atoms with Gasteiger partial charge in [-0.05, 0) is 38.6 Å². The molecule has 2 N–H and O–H groups in total. The van der Waals surface area contributed by atoms with Gasteiger partial charge in [0.15, 0.2) is 0 Å². The highest BCUT2D eigenvalue weighted by Gasteiger charge is 2.19. The van der Waals surface area contributed by atoms with E-state index in [4.69, 9.17) is 9.84 Å². The highest BCUT2D eigenvalue weighted by Crippen LogP contribution is 2.14. The van der Waals surface area contributed by atoms with Crippen LogP contribution in [0.25, 0.3) is 0 Å². The van der Waals surface area contributed by atoms with E-state index in [2.05, 4.69) is 19.2 Å². The molecular formula is C12H25NO2. The smallest absolute Gasteiger partial charge is 0.0561 e. The minimum absolute atomic E-state index is 0.310. The van der Waals surface area contributed by atoms with Crippen molar-refractivity contribution in [3.63, 3.8) is 0 Å². The van der Waals surface area contributed by atoms with E-state index < -0.39 is 0 Å². The van der Waals surface area contributed by atoms with Crippen molar-refractivity contribution in [3.8, 4) is 0 Å². The molecule has 0 saturated carbocycles. The molecule has 1 fully saturated rings. The van der Waals surface area contributed by atoms with Gasteiger partial charge in [0, 0.05) is 19.3 Å². The number of nitrogens with one attached hydrogen (secondary N) is 1. The second kappa shape index (κ2) is 7.20. The Morgan fingerprint density at radius 2 is 2.33 bits per heavy atom. The van der Waals surface area contributed by atoms with Crippen LogP contribution < -0.4 is 5.32 Å². The van der Waals surface area contributed by atoms with Crippen molar-refractivity contribution in [3.05, 3.63) is 0 Å². The first-order valence-electron chi connectivity index (χ1n) is 6.22. The Hall–Kier alpha value is -0.120. The molecule has 1 aliphatic rings. The number of hydrogen-bond donors (Lipinski definition) is 2. The number of rotatable bonds is 6. The van der Waals surface area contributed by atoms with E-state index in [1.165, 1.54) is 0 Å². The maximum Gasteiger partial charge on any atom is 0.0561 e. The summed E-state index contributed by atoms with van der Waals surface area (Å²) in [5.74, 6) is 0.619. The zero-order valence-corrected chi connectivity index (χ0v) is 10.0. The van der Waals surface area contributed by atoms with E-state index in [0.29, 0.717) is 24.7 Å². The lowest BCUT2D eigenvalue weighted by Gasteiger charge is -2.29. The molecule has 3 heteroatoms. The van der Waals surface area contributed by atoms with Crippen LogP contribution in [0, 0.1) is 5.92 Å². The van der Waals surface area contributed by atoms with Gasteiger partial charge in [-0.3, -0.25) is 0 Å². The number of aliphatic hydroxyl groups is 1. The van der Waals surface area contributed by atoms with Crippen LogP contribution in [-0.4, -0.2) is 37.0 Å². The monoisotopic (exact) mass is 215 g/mol. The maximum atomic E-state index is 8.90. The highest BCUT2D eigenvalue weighted by molar-refractivity contribution is 4.75. The largest absolute Gasteiger partial charge is 0.396 e. The second-order valence-electron chi connectivity index (χ2n) is 4.60. The van der Waals surface area contributed by atoms with Crippen molar-refractivity contribution in [2.75, 3.05) is 19.8 Å². The van der Waals surface area contributed by atoms with Crippen molar-refractivity contribution in [2.24, 2.45) is 5.92 Å². The van der Waals surface area contributed by atoms with Crippen LogP contribution >= 0.6 is 0 Å². The topological polar surface area (TPSA) is 41.5 Å². The number of aliphatic hydroxyl groups excluding tert-OH is 1. The molecule has 1 heterocycles. The average molecular weight is 215 g/mol. The van der Waals surface area contributed by atoms with Crippen molar-refractivity contribution in [1.29, 1.82) is 0 Å². The van der Waals surface area contributed by atoms with Gasteiger partial charge in [-0.25, -0.2) is 0 Å². The quantitative estimate of drug-likeness (QED) is 0.706. The van der Waals surface area contributed by atoms with Crippen LogP contribution in [-0.2, 0) is 4.74 Å². The summed E-state index contributed by atoms with van der Waals surface area (Å²) in [6.45, 7) is 6.56. The van der Waals surface area contributed by atoms with Gasteiger partial charge in [-0.1, -0.05) is 13.3 Å². The summed E-state index contributed by atoms with van der Waals surface area (Å²) in [5, 5.41) is 12.5. The lowest BCUT2D eigenvalue weighted by Crippen LogP contribution is -2.40. The molecule has 0 aromatic heterocycles. The fourth-order valence-corrected chi connectivity index (χ4v) is 2.15. The summed E-state index contributed by atoms with van der Waals surface area (Å²) in [4.78, 5) is 0. The average Bonchev–Trinajstić information content (AvgIpc) is 2.24. The highest BCUT2D eigenvalue weighted by atomic mass is 16.5. The van der Waals surface area contributed by atoms with Crippen LogP contribution in [0.5, 0.6) is 0 Å². The van der Waals surface area contributed by atoms with Crippen LogP contribution in [0.15, 0.2) is 0 Å². The molecule has 1 saturated heterocycles. The fraction of sp³-hybridized carbons (Fsp3) is 1.00. The summed E-state index contributed by atoms with van der Waals surface area (Å²) in [7, 11) is 0. The lowest BCUT2D eigenvalue weighted by molar-refractivity contribution is 0.0125. The second-order valence-corrected chi connectivity index (χ2v) is 4.60. The van der Waals surface area contributed by atoms with Crippen LogP contribution in [0.4, 0.5) is 0 Å². The van der Waals surface area contributed by atoms with E-state index >= 15 is 0 Å². The van der Waals surface area contributed by atoms with Crippen LogP contribution in [0.1, 0.15) is 39.5 Å². The zero-order chi connectivity index (χ0) is 11.1. The molecule has 1 rings (SSSR count). The van der Waals surface area contributed by atoms with Gasteiger partial charge < -0.3 is 15.2 Å². The Morgan fingerprint density at radius 1 is 1.53 bits per heavy atom. The van der Waals surface area contributed by atoms with Gasteiger partial charge in [0.05, 0.1) is 6.10 Å². The molecule has 3 unspecified atom stereocenters. The predicted octanol–water partition coefficient (Wildman–Crippen LogP) is 1.55. The number of ether oxygens (including phenoxy) is 1. The molecule has 0 spiro atoms. The Bertz CT molecular complexity index is 164. The molecule has 3 atom stereocenters. The van der Waals surface area contributed by atoms with Crippen molar-refractivity contribution in [2.45, 2.75) is 51.7 Å². The lowest BCUT2D eigenvalue weighted by atomic mass is 10.00. The first-order valence-corrected chi connectivity index (χ1v) is 6.22. The summed E-state index contributed by atoms with van der Waals surface area (Å²) in [6.07, 6.45) is 4.71. The minimum Gasteiger partial charge on any atom is -0.396 e. The first-order chi connectivity index (χ1) is 7.26. The van der Waals surface area contributed by atoms with Gasteiger partial charge in [-0.15, -0.1) is 0 Å². The normalized spacial score (nSPS) is 29.0. The van der Waals surface area contributed by atoms with E-state index in [1.807, 2.05) is 0 Å². The zero-order valence-electron chi connectivity index (χ0n) is 10.0. The third-order valence-corrected chi connectivity index (χ3v) is 3.30. The Balaban J connectivity index is 2.16. The molecule has 3 nitrogen and oxygen atoms in total. The van der Waals surface area contributed by atoms with E-state index in [0.717, 1.165) is 38.8 Å². The van der Waals surface area contributed by atoms with Crippen molar-refractivity contribution >= 4 is 0 Å². The number of hydrogen-bond acceptors (Lipinski definition) is 3. The molecule has 90 valence electrons. The first kappa shape index (κ1) is 12.9. The SMILES string of the molecule is CCC(CCO)CNC1CCOC(C)C1. The molecule has 0 radical (unpaired) electrons. The predicted molar refractivity (Wildman–Crippen MR) is 61.9 cm³/mol. The molecule has 1 aliphatic heterocycles. The van der Waals surface area contributed by atoms with Gasteiger partial charge in [0.25, 0.3) is 0 Å². The van der Waals surface area contributed by atoms with Gasteiger partial charge >= 0.3 is 0 Å². The molecule has 0 bridgehead atoms. The summed E-state index contributed by atoms with van der Waals surface area (Å²) >= 11 is 0. The molecule has 15 heavy (non-hydrogen) atoms. The maximum absolute atomic E-state index is 8.90. The third kappa shape index (κ3) is 4.96. The molecule has 0 aromatic rings. The van der Waals surface area contributed by atoms with E-state index in [-0.39, 0.29) is 0 Å². The molecule has 0 aliphatic carbocycles. The van der Waals surface area contributed by atoms with Gasteiger partial charge in [-0.2, -0.15) is 0 Å². The van der Waals surface area contributed by atoms with Crippen molar-refractivity contribution < 1.29 is 9.84 Å². The van der Waals surface area contributed by atoms with Crippen LogP contribution in [0.2, 0.25) is 0 Å². The van der Waals surface area contributed by atoms with Gasteiger partial charge in [0.2, 0.25) is 0 Å². The molecule has 0 amide bonds. The standard InChI is InChI=1S/C12H25NO2/c1-3-11(4-6-14)9-13-12-5-7-15-10(2)8-12/h10-14H,3-9H2,1-2H3. The van der Waals surface area contributed by atoms with Gasteiger partial charge in [0.1, 0.15) is 0 Å². The third-order valence-electron chi connectivity index (χ3n) is 3.30. The van der Waals surface area contributed by atoms with E-state index in [9.17, 15) is 0 Å². The molecule has 0 aromatic carbocycles. The summed E-state index contributed by atoms with van der Waals surface area (Å²) < 4.78 is 5.51. The van der Waals surface area contributed by atoms with Crippen molar-refractivity contribution in [1.82, 2.24) is 5.32 Å². The Labute approximate surface area is 93.2 Å². The summed E-state index contributed by atoms with van der Waals surface area (Å²) in [5.41, 5.74) is 0. The molecular weight excluding hydrogens is 190 g/mol. The Morgan fingerprint density at radius 3 is 2.93 bits per heavy atom. The fourth-order valence-electron chi connectivity index (χ4n) is 2.15. The van der Waals surface area contributed by atoms with Crippen LogP contribution in [0.3, 0.4) is 0 Å². The summed E-state index contributed by atoms with van der Waals surface area (Å²) in [6, 6.07) is 0.612.